The van der Waals surface area contributed by atoms with Crippen LogP contribution < -0.4 is 10.6 Å². The summed E-state index contributed by atoms with van der Waals surface area (Å²) in [6.07, 6.45) is 3.75. The van der Waals surface area contributed by atoms with Gasteiger partial charge in [-0.3, -0.25) is 4.79 Å². The molecule has 2 amide bonds. The maximum absolute atomic E-state index is 12.0. The minimum absolute atomic E-state index is 0.0100. The van der Waals surface area contributed by atoms with Crippen LogP contribution in [0.15, 0.2) is 29.2 Å². The number of hydrogen-bond acceptors (Lipinski definition) is 4. The van der Waals surface area contributed by atoms with Gasteiger partial charge >= 0.3 is 12.0 Å². The fraction of sp³-hybridized carbons (Fsp3) is 0.579. The molecule has 25 heavy (non-hydrogen) atoms. The first-order chi connectivity index (χ1) is 12.1. The predicted molar refractivity (Wildman–Crippen MR) is 101 cm³/mol. The van der Waals surface area contributed by atoms with Gasteiger partial charge in [-0.2, -0.15) is 0 Å². The monoisotopic (exact) mass is 364 g/mol. The van der Waals surface area contributed by atoms with Crippen LogP contribution in [0, 0.1) is 6.92 Å². The van der Waals surface area contributed by atoms with Crippen molar-refractivity contribution in [3.8, 4) is 0 Å². The first kappa shape index (κ1) is 19.6. The molecule has 1 fully saturated rings. The highest BCUT2D eigenvalue weighted by Crippen LogP contribution is 2.23. The van der Waals surface area contributed by atoms with Crippen molar-refractivity contribution in [3.05, 3.63) is 29.8 Å². The van der Waals surface area contributed by atoms with Gasteiger partial charge in [0.05, 0.1) is 6.42 Å². The van der Waals surface area contributed by atoms with Crippen LogP contribution in [0.25, 0.3) is 0 Å². The maximum Gasteiger partial charge on any atom is 0.314 e. The van der Waals surface area contributed by atoms with Crippen molar-refractivity contribution in [3.63, 3.8) is 0 Å². The van der Waals surface area contributed by atoms with Gasteiger partial charge in [-0.1, -0.05) is 17.7 Å². The molecule has 0 spiro atoms. The number of ether oxygens (including phenoxy) is 1. The number of esters is 1. The van der Waals surface area contributed by atoms with Crippen LogP contribution in [0.2, 0.25) is 0 Å². The number of benzene rings is 1. The number of amides is 2. The second-order valence-corrected chi connectivity index (χ2v) is 7.55. The Balaban J connectivity index is 1.60. The highest BCUT2D eigenvalue weighted by molar-refractivity contribution is 7.99. The lowest BCUT2D eigenvalue weighted by molar-refractivity contribution is -0.150. The quantitative estimate of drug-likeness (QED) is 0.572. The average Bonchev–Trinajstić information content (AvgIpc) is 2.59. The summed E-state index contributed by atoms with van der Waals surface area (Å²) in [6.45, 7) is 4.58. The number of nitrogens with one attached hydrogen (secondary N) is 2. The molecule has 0 heterocycles. The van der Waals surface area contributed by atoms with Crippen molar-refractivity contribution in [2.24, 2.45) is 0 Å². The molecule has 6 heteroatoms. The zero-order chi connectivity index (χ0) is 18.1. The lowest BCUT2D eigenvalue weighted by atomic mass is 9.93. The molecule has 138 valence electrons. The Hall–Kier alpha value is -1.69. The SMILES string of the molecule is CCNC(=O)NC1CCC(OC(=O)CCSc2ccc(C)cc2)CC1. The maximum atomic E-state index is 12.0. The minimum atomic E-state index is -0.125. The van der Waals surface area contributed by atoms with Gasteiger partial charge in [-0.25, -0.2) is 4.79 Å². The predicted octanol–water partition coefficient (Wildman–Crippen LogP) is 3.65. The van der Waals surface area contributed by atoms with Crippen molar-refractivity contribution in [1.82, 2.24) is 10.6 Å². The molecule has 1 aromatic rings. The van der Waals surface area contributed by atoms with Gasteiger partial charge in [0.25, 0.3) is 0 Å². The van der Waals surface area contributed by atoms with Crippen LogP contribution in [0.1, 0.15) is 44.6 Å². The zero-order valence-electron chi connectivity index (χ0n) is 15.0. The Morgan fingerprint density at radius 1 is 1.16 bits per heavy atom. The van der Waals surface area contributed by atoms with E-state index in [-0.39, 0.29) is 24.1 Å². The number of rotatable bonds is 7. The first-order valence-electron chi connectivity index (χ1n) is 9.00. The summed E-state index contributed by atoms with van der Waals surface area (Å²) >= 11 is 1.68. The molecule has 0 atom stereocenters. The average molecular weight is 365 g/mol. The zero-order valence-corrected chi connectivity index (χ0v) is 15.9. The summed E-state index contributed by atoms with van der Waals surface area (Å²) in [5, 5.41) is 5.69. The van der Waals surface area contributed by atoms with Gasteiger partial charge in [-0.05, 0) is 51.7 Å². The van der Waals surface area contributed by atoms with Crippen molar-refractivity contribution < 1.29 is 14.3 Å². The fourth-order valence-corrected chi connectivity index (χ4v) is 3.69. The summed E-state index contributed by atoms with van der Waals surface area (Å²) in [6, 6.07) is 8.37. The summed E-state index contributed by atoms with van der Waals surface area (Å²) < 4.78 is 5.57. The van der Waals surface area contributed by atoms with Gasteiger partial charge in [-0.15, -0.1) is 11.8 Å². The van der Waals surface area contributed by atoms with Crippen LogP contribution in [0.3, 0.4) is 0 Å². The summed E-state index contributed by atoms with van der Waals surface area (Å²) in [7, 11) is 0. The third-order valence-electron chi connectivity index (χ3n) is 4.24. The lowest BCUT2D eigenvalue weighted by Crippen LogP contribution is -2.44. The van der Waals surface area contributed by atoms with E-state index in [9.17, 15) is 9.59 Å². The van der Waals surface area contributed by atoms with E-state index in [1.807, 2.05) is 6.92 Å². The van der Waals surface area contributed by atoms with Gasteiger partial charge in [0.1, 0.15) is 6.10 Å². The number of hydrogen-bond donors (Lipinski definition) is 2. The van der Waals surface area contributed by atoms with Crippen molar-refractivity contribution in [2.45, 2.75) is 63.0 Å². The standard InChI is InChI=1S/C19H28N2O3S/c1-3-20-19(23)21-15-6-8-16(9-7-15)24-18(22)12-13-25-17-10-4-14(2)5-11-17/h4-5,10-11,15-16H,3,6-9,12-13H2,1-2H3,(H2,20,21,23). The Morgan fingerprint density at radius 2 is 1.84 bits per heavy atom. The molecule has 2 N–H and O–H groups in total. The molecule has 0 aromatic heterocycles. The highest BCUT2D eigenvalue weighted by atomic mass is 32.2. The molecule has 0 aliphatic heterocycles. The molecular weight excluding hydrogens is 336 g/mol. The molecule has 0 bridgehead atoms. The summed E-state index contributed by atoms with van der Waals surface area (Å²) in [5.41, 5.74) is 1.24. The van der Waals surface area contributed by atoms with E-state index >= 15 is 0 Å². The van der Waals surface area contributed by atoms with E-state index in [1.165, 1.54) is 10.5 Å². The molecule has 2 rings (SSSR count). The van der Waals surface area contributed by atoms with E-state index in [2.05, 4.69) is 41.8 Å². The minimum Gasteiger partial charge on any atom is -0.462 e. The second-order valence-electron chi connectivity index (χ2n) is 6.38. The Kier molecular flexibility index (Phi) is 8.12. The number of carbonyl (C=O) groups is 2. The van der Waals surface area contributed by atoms with Gasteiger partial charge in [0.15, 0.2) is 0 Å². The van der Waals surface area contributed by atoms with Crippen LogP contribution in [0.4, 0.5) is 4.79 Å². The third-order valence-corrected chi connectivity index (χ3v) is 5.25. The largest absolute Gasteiger partial charge is 0.462 e. The van der Waals surface area contributed by atoms with Crippen LogP contribution in [0.5, 0.6) is 0 Å². The molecule has 0 radical (unpaired) electrons. The van der Waals surface area contributed by atoms with Gasteiger partial charge in [0.2, 0.25) is 0 Å². The highest BCUT2D eigenvalue weighted by Gasteiger charge is 2.24. The Labute approximate surface area is 154 Å². The van der Waals surface area contributed by atoms with Crippen molar-refractivity contribution in [2.75, 3.05) is 12.3 Å². The molecule has 0 unspecified atom stereocenters. The Bertz CT molecular complexity index is 554. The normalized spacial score (nSPS) is 19.9. The molecule has 1 aliphatic carbocycles. The molecule has 0 saturated heterocycles. The number of carbonyl (C=O) groups excluding carboxylic acids is 2. The molecule has 1 aromatic carbocycles. The van der Waals surface area contributed by atoms with Crippen LogP contribution in [-0.4, -0.2) is 36.4 Å². The molecular formula is C19H28N2O3S. The summed E-state index contributed by atoms with van der Waals surface area (Å²) in [4.78, 5) is 24.7. The Morgan fingerprint density at radius 3 is 2.48 bits per heavy atom. The van der Waals surface area contributed by atoms with E-state index in [1.54, 1.807) is 11.8 Å². The number of thioether (sulfide) groups is 1. The van der Waals surface area contributed by atoms with E-state index in [0.717, 1.165) is 31.4 Å². The lowest BCUT2D eigenvalue weighted by Gasteiger charge is -2.28. The number of aryl methyl sites for hydroxylation is 1. The molecule has 1 saturated carbocycles. The van der Waals surface area contributed by atoms with Crippen molar-refractivity contribution >= 4 is 23.8 Å². The molecule has 1 aliphatic rings. The second kappa shape index (κ2) is 10.3. The number of urea groups is 1. The third kappa shape index (κ3) is 7.38. The van der Waals surface area contributed by atoms with E-state index in [0.29, 0.717) is 13.0 Å². The first-order valence-corrected chi connectivity index (χ1v) is 9.98. The van der Waals surface area contributed by atoms with E-state index in [4.69, 9.17) is 4.74 Å². The molecule has 5 nitrogen and oxygen atoms in total. The van der Waals surface area contributed by atoms with Crippen LogP contribution in [-0.2, 0) is 9.53 Å². The van der Waals surface area contributed by atoms with Gasteiger partial charge < -0.3 is 15.4 Å². The fourth-order valence-electron chi connectivity index (χ4n) is 2.85. The topological polar surface area (TPSA) is 67.4 Å². The van der Waals surface area contributed by atoms with Gasteiger partial charge in [0, 0.05) is 23.2 Å². The van der Waals surface area contributed by atoms with Crippen molar-refractivity contribution in [1.29, 1.82) is 0 Å². The smallest absolute Gasteiger partial charge is 0.314 e. The van der Waals surface area contributed by atoms with E-state index < -0.39 is 0 Å². The van der Waals surface area contributed by atoms with Crippen LogP contribution >= 0.6 is 11.8 Å². The summed E-state index contributed by atoms with van der Waals surface area (Å²) in [5.74, 6) is 0.607.